The minimum Gasteiger partial charge on any atom is -0.348 e. The minimum absolute atomic E-state index is 0.0211. The molecule has 1 amide bonds. The lowest BCUT2D eigenvalue weighted by Crippen LogP contribution is -2.53. The van der Waals surface area contributed by atoms with E-state index in [2.05, 4.69) is 21.2 Å². The van der Waals surface area contributed by atoms with Gasteiger partial charge in [-0.2, -0.15) is 0 Å². The molecule has 0 aliphatic heterocycles. The van der Waals surface area contributed by atoms with E-state index in [1.165, 1.54) is 0 Å². The fraction of sp³-hybridized carbons (Fsp3) is 0.500. The Bertz CT molecular complexity index is 438. The second kappa shape index (κ2) is 5.02. The first-order chi connectivity index (χ1) is 8.41. The summed E-state index contributed by atoms with van der Waals surface area (Å²) in [4.78, 5) is 12.2. The molecule has 4 heteroatoms. The van der Waals surface area contributed by atoms with Crippen molar-refractivity contribution in [2.24, 2.45) is 11.7 Å². The van der Waals surface area contributed by atoms with Crippen LogP contribution in [0.4, 0.5) is 0 Å². The second-order valence-electron chi connectivity index (χ2n) is 5.30. The summed E-state index contributed by atoms with van der Waals surface area (Å²) in [5.74, 6) is 0.287. The highest BCUT2D eigenvalue weighted by molar-refractivity contribution is 9.10. The van der Waals surface area contributed by atoms with Crippen molar-refractivity contribution in [1.82, 2.24) is 5.32 Å². The van der Waals surface area contributed by atoms with Gasteiger partial charge < -0.3 is 11.1 Å². The van der Waals surface area contributed by atoms with Gasteiger partial charge in [-0.15, -0.1) is 0 Å². The van der Waals surface area contributed by atoms with Gasteiger partial charge in [-0.25, -0.2) is 0 Å². The Kier molecular flexibility index (Phi) is 3.78. The lowest BCUT2D eigenvalue weighted by molar-refractivity contribution is -0.127. The molecule has 2 unspecified atom stereocenters. The highest BCUT2D eigenvalue weighted by Gasteiger charge is 2.44. The van der Waals surface area contributed by atoms with Crippen molar-refractivity contribution in [2.75, 3.05) is 0 Å². The van der Waals surface area contributed by atoms with Gasteiger partial charge in [-0.05, 0) is 50.3 Å². The van der Waals surface area contributed by atoms with Crippen LogP contribution in [0, 0.1) is 5.92 Å². The number of nitrogens with one attached hydrogen (secondary N) is 1. The highest BCUT2D eigenvalue weighted by Crippen LogP contribution is 2.38. The van der Waals surface area contributed by atoms with E-state index >= 15 is 0 Å². The van der Waals surface area contributed by atoms with Crippen LogP contribution in [0.3, 0.4) is 0 Å². The number of hydrogen-bond acceptors (Lipinski definition) is 2. The first-order valence-electron chi connectivity index (χ1n) is 6.26. The molecule has 1 saturated carbocycles. The third kappa shape index (κ3) is 2.93. The Labute approximate surface area is 116 Å². The van der Waals surface area contributed by atoms with Crippen LogP contribution in [0.2, 0.25) is 0 Å². The Morgan fingerprint density at radius 1 is 1.44 bits per heavy atom. The first kappa shape index (κ1) is 13.6. The Morgan fingerprint density at radius 3 is 2.50 bits per heavy atom. The second-order valence-corrected chi connectivity index (χ2v) is 6.22. The maximum atomic E-state index is 12.2. The predicted molar refractivity (Wildman–Crippen MR) is 76.0 cm³/mol. The van der Waals surface area contributed by atoms with Crippen molar-refractivity contribution in [1.29, 1.82) is 0 Å². The van der Waals surface area contributed by atoms with Crippen molar-refractivity contribution in [3.05, 3.63) is 34.3 Å². The van der Waals surface area contributed by atoms with E-state index < -0.39 is 5.54 Å². The lowest BCUT2D eigenvalue weighted by Gasteiger charge is -2.26. The summed E-state index contributed by atoms with van der Waals surface area (Å²) in [5.41, 5.74) is 6.45. The van der Waals surface area contributed by atoms with Gasteiger partial charge in [0.15, 0.2) is 0 Å². The third-order valence-electron chi connectivity index (χ3n) is 3.63. The number of rotatable bonds is 4. The van der Waals surface area contributed by atoms with E-state index in [1.807, 2.05) is 38.1 Å². The van der Waals surface area contributed by atoms with Gasteiger partial charge in [0.1, 0.15) is 0 Å². The van der Waals surface area contributed by atoms with Crippen LogP contribution in [-0.4, -0.2) is 11.4 Å². The van der Waals surface area contributed by atoms with Crippen LogP contribution in [0.25, 0.3) is 0 Å². The average molecular weight is 311 g/mol. The van der Waals surface area contributed by atoms with Crippen molar-refractivity contribution < 1.29 is 4.79 Å². The molecule has 0 radical (unpaired) electrons. The number of hydrogen-bond donors (Lipinski definition) is 2. The molecule has 98 valence electrons. The third-order valence-corrected chi connectivity index (χ3v) is 4.16. The molecule has 1 fully saturated rings. The molecule has 3 nitrogen and oxygen atoms in total. The predicted octanol–water partition coefficient (Wildman–Crippen LogP) is 2.75. The molecule has 1 aliphatic rings. The number of carbonyl (C=O) groups excluding carboxylic acids is 1. The molecule has 1 aromatic rings. The van der Waals surface area contributed by atoms with Crippen molar-refractivity contribution in [3.8, 4) is 0 Å². The van der Waals surface area contributed by atoms with Crippen LogP contribution >= 0.6 is 15.9 Å². The Balaban J connectivity index is 2.00. The van der Waals surface area contributed by atoms with Gasteiger partial charge in [0.05, 0.1) is 11.6 Å². The van der Waals surface area contributed by atoms with Gasteiger partial charge in [-0.3, -0.25) is 4.79 Å². The van der Waals surface area contributed by atoms with E-state index in [4.69, 9.17) is 5.73 Å². The van der Waals surface area contributed by atoms with E-state index in [0.717, 1.165) is 22.9 Å². The van der Waals surface area contributed by atoms with E-state index in [0.29, 0.717) is 5.92 Å². The van der Waals surface area contributed by atoms with Crippen LogP contribution < -0.4 is 11.1 Å². The van der Waals surface area contributed by atoms with Crippen LogP contribution in [0.1, 0.15) is 38.3 Å². The molecule has 0 bridgehead atoms. The van der Waals surface area contributed by atoms with Gasteiger partial charge in [0.2, 0.25) is 5.91 Å². The number of benzene rings is 1. The summed E-state index contributed by atoms with van der Waals surface area (Å²) in [6.45, 7) is 3.80. The van der Waals surface area contributed by atoms with Gasteiger partial charge >= 0.3 is 0 Å². The smallest absolute Gasteiger partial charge is 0.240 e. The molecule has 2 rings (SSSR count). The lowest BCUT2D eigenvalue weighted by atomic mass is 9.95. The Hall–Kier alpha value is -0.870. The molecule has 18 heavy (non-hydrogen) atoms. The summed E-state index contributed by atoms with van der Waals surface area (Å²) >= 11 is 3.40. The molecule has 1 aliphatic carbocycles. The normalized spacial score (nSPS) is 20.0. The zero-order valence-electron chi connectivity index (χ0n) is 10.7. The van der Waals surface area contributed by atoms with Crippen LogP contribution in [-0.2, 0) is 4.79 Å². The monoisotopic (exact) mass is 310 g/mol. The molecular weight excluding hydrogens is 292 g/mol. The quantitative estimate of drug-likeness (QED) is 0.898. The first-order valence-corrected chi connectivity index (χ1v) is 7.06. The number of nitrogens with two attached hydrogens (primary N) is 1. The van der Waals surface area contributed by atoms with Gasteiger partial charge in [-0.1, -0.05) is 28.1 Å². The van der Waals surface area contributed by atoms with Crippen LogP contribution in [0.15, 0.2) is 28.7 Å². The molecule has 0 heterocycles. The molecule has 2 atom stereocenters. The summed E-state index contributed by atoms with van der Waals surface area (Å²) in [7, 11) is 0. The van der Waals surface area contributed by atoms with Gasteiger partial charge in [0.25, 0.3) is 0 Å². The summed E-state index contributed by atoms with van der Waals surface area (Å²) < 4.78 is 1.03. The largest absolute Gasteiger partial charge is 0.348 e. The minimum atomic E-state index is -0.733. The molecule has 0 saturated heterocycles. The molecule has 3 N–H and O–H groups in total. The van der Waals surface area contributed by atoms with Gasteiger partial charge in [0, 0.05) is 4.47 Å². The molecule has 0 aromatic heterocycles. The average Bonchev–Trinajstić information content (AvgIpc) is 3.13. The maximum absolute atomic E-state index is 12.2. The number of halogens is 1. The molecule has 1 aromatic carbocycles. The zero-order chi connectivity index (χ0) is 13.3. The SMILES string of the molecule is CC(NC(=O)C(C)(N)C1CC1)c1ccc(Br)cc1. The molecule has 0 spiro atoms. The van der Waals surface area contributed by atoms with E-state index in [9.17, 15) is 4.79 Å². The van der Waals surface area contributed by atoms with E-state index in [-0.39, 0.29) is 11.9 Å². The summed E-state index contributed by atoms with van der Waals surface area (Å²) in [5, 5.41) is 3.00. The Morgan fingerprint density at radius 2 is 2.00 bits per heavy atom. The summed E-state index contributed by atoms with van der Waals surface area (Å²) in [6, 6.07) is 7.92. The zero-order valence-corrected chi connectivity index (χ0v) is 12.3. The standard InChI is InChI=1S/C14H19BrN2O/c1-9(10-3-7-12(15)8-4-10)17-13(18)14(2,16)11-5-6-11/h3-4,7-9,11H,5-6,16H2,1-2H3,(H,17,18). The van der Waals surface area contributed by atoms with Crippen molar-refractivity contribution in [3.63, 3.8) is 0 Å². The number of carbonyl (C=O) groups is 1. The van der Waals surface area contributed by atoms with Crippen molar-refractivity contribution in [2.45, 2.75) is 38.3 Å². The fourth-order valence-corrected chi connectivity index (χ4v) is 2.32. The van der Waals surface area contributed by atoms with Crippen molar-refractivity contribution >= 4 is 21.8 Å². The summed E-state index contributed by atoms with van der Waals surface area (Å²) in [6.07, 6.45) is 2.13. The highest BCUT2D eigenvalue weighted by atomic mass is 79.9. The topological polar surface area (TPSA) is 55.1 Å². The molecular formula is C14H19BrN2O. The van der Waals surface area contributed by atoms with E-state index in [1.54, 1.807) is 0 Å². The number of amides is 1. The fourth-order valence-electron chi connectivity index (χ4n) is 2.06. The maximum Gasteiger partial charge on any atom is 0.240 e. The van der Waals surface area contributed by atoms with Crippen LogP contribution in [0.5, 0.6) is 0 Å².